The van der Waals surface area contributed by atoms with E-state index in [1.807, 2.05) is 13.2 Å². The molecule has 0 aliphatic rings. The number of thioether (sulfide) groups is 1. The minimum Gasteiger partial charge on any atom is -0.464 e. The molecule has 2 rings (SSSR count). The van der Waals surface area contributed by atoms with Crippen LogP contribution >= 0.6 is 11.8 Å². The van der Waals surface area contributed by atoms with Gasteiger partial charge < -0.3 is 4.74 Å². The number of carbonyl (C=O) groups excluding carboxylic acids is 1. The van der Waals surface area contributed by atoms with Crippen molar-refractivity contribution >= 4 is 33.6 Å². The highest BCUT2D eigenvalue weighted by Crippen LogP contribution is 2.17. The van der Waals surface area contributed by atoms with Crippen LogP contribution in [0.25, 0.3) is 0 Å². The Morgan fingerprint density at radius 1 is 1.04 bits per heavy atom. The highest BCUT2D eigenvalue weighted by atomic mass is 32.2. The van der Waals surface area contributed by atoms with Crippen molar-refractivity contribution < 1.29 is 22.2 Å². The standard InChI is InChI=1S/C17H17NO5S2/c1-12-4-10-15(11-5-12)25(20,21)23-18-16(17(19)22-2)13-6-8-14(24-3)9-7-13/h4-11H,1-3H3. The summed E-state index contributed by atoms with van der Waals surface area (Å²) in [6.45, 7) is 1.84. The summed E-state index contributed by atoms with van der Waals surface area (Å²) in [6, 6.07) is 13.0. The summed E-state index contributed by atoms with van der Waals surface area (Å²) >= 11 is 1.54. The first-order valence-corrected chi connectivity index (χ1v) is 9.81. The van der Waals surface area contributed by atoms with Gasteiger partial charge in [-0.25, -0.2) is 4.79 Å². The number of methoxy groups -OCH3 is 1. The average Bonchev–Trinajstić information content (AvgIpc) is 2.62. The number of hydrogen-bond acceptors (Lipinski definition) is 7. The van der Waals surface area contributed by atoms with Crippen LogP contribution in [0.4, 0.5) is 0 Å². The maximum atomic E-state index is 12.2. The van der Waals surface area contributed by atoms with Crippen molar-refractivity contribution in [3.8, 4) is 0 Å². The lowest BCUT2D eigenvalue weighted by Gasteiger charge is -2.06. The Bertz CT molecular complexity index is 872. The van der Waals surface area contributed by atoms with Crippen LogP contribution in [0.15, 0.2) is 63.5 Å². The molecule has 0 amide bonds. The largest absolute Gasteiger partial charge is 0.464 e. The Hall–Kier alpha value is -2.32. The summed E-state index contributed by atoms with van der Waals surface area (Å²) in [5.41, 5.74) is 1.07. The molecular formula is C17H17NO5S2. The summed E-state index contributed by atoms with van der Waals surface area (Å²) in [4.78, 5) is 12.9. The van der Waals surface area contributed by atoms with Crippen LogP contribution in [-0.4, -0.2) is 33.5 Å². The molecule has 0 fully saturated rings. The molecule has 0 N–H and O–H groups in total. The summed E-state index contributed by atoms with van der Waals surface area (Å²) in [6.07, 6.45) is 1.92. The number of benzene rings is 2. The molecule has 0 radical (unpaired) electrons. The lowest BCUT2D eigenvalue weighted by atomic mass is 10.1. The zero-order chi connectivity index (χ0) is 18.4. The van der Waals surface area contributed by atoms with Crippen LogP contribution in [0.3, 0.4) is 0 Å². The van der Waals surface area contributed by atoms with Gasteiger partial charge in [0.05, 0.1) is 7.11 Å². The maximum Gasteiger partial charge on any atom is 0.360 e. The Morgan fingerprint density at radius 2 is 1.64 bits per heavy atom. The first kappa shape index (κ1) is 19.0. The fourth-order valence-electron chi connectivity index (χ4n) is 1.89. The number of aryl methyl sites for hydroxylation is 1. The Labute approximate surface area is 151 Å². The predicted octanol–water partition coefficient (Wildman–Crippen LogP) is 3.00. The van der Waals surface area contributed by atoms with Crippen molar-refractivity contribution in [2.45, 2.75) is 16.7 Å². The van der Waals surface area contributed by atoms with E-state index in [-0.39, 0.29) is 10.6 Å². The van der Waals surface area contributed by atoms with Gasteiger partial charge in [-0.2, -0.15) is 8.42 Å². The second kappa shape index (κ2) is 8.17. The van der Waals surface area contributed by atoms with Gasteiger partial charge in [0.2, 0.25) is 0 Å². The average molecular weight is 379 g/mol. The molecule has 132 valence electrons. The fraction of sp³-hybridized carbons (Fsp3) is 0.176. The zero-order valence-corrected chi connectivity index (χ0v) is 15.6. The van der Waals surface area contributed by atoms with Crippen molar-refractivity contribution in [2.75, 3.05) is 13.4 Å². The third kappa shape index (κ3) is 4.83. The van der Waals surface area contributed by atoms with Gasteiger partial charge in [-0.15, -0.1) is 11.8 Å². The smallest absolute Gasteiger partial charge is 0.360 e. The number of hydrogen-bond donors (Lipinski definition) is 0. The van der Waals surface area contributed by atoms with Crippen molar-refractivity contribution in [1.29, 1.82) is 0 Å². The third-order valence-corrected chi connectivity index (χ3v) is 5.14. The summed E-state index contributed by atoms with van der Waals surface area (Å²) in [5, 5.41) is 3.54. The van der Waals surface area contributed by atoms with E-state index in [0.717, 1.165) is 10.5 Å². The van der Waals surface area contributed by atoms with Crippen LogP contribution in [0.2, 0.25) is 0 Å². The van der Waals surface area contributed by atoms with Crippen molar-refractivity contribution in [1.82, 2.24) is 0 Å². The lowest BCUT2D eigenvalue weighted by Crippen LogP contribution is -2.18. The van der Waals surface area contributed by atoms with Crippen LogP contribution in [0.5, 0.6) is 0 Å². The summed E-state index contributed by atoms with van der Waals surface area (Å²) in [5.74, 6) is -0.795. The zero-order valence-electron chi connectivity index (χ0n) is 13.9. The van der Waals surface area contributed by atoms with Gasteiger partial charge in [-0.1, -0.05) is 35.0 Å². The SMILES string of the molecule is COC(=O)C(=NOS(=O)(=O)c1ccc(C)cc1)c1ccc(SC)cc1. The third-order valence-electron chi connectivity index (χ3n) is 3.28. The highest BCUT2D eigenvalue weighted by Gasteiger charge is 2.20. The van der Waals surface area contributed by atoms with E-state index >= 15 is 0 Å². The number of ether oxygens (including phenoxy) is 1. The molecule has 0 unspecified atom stereocenters. The first-order valence-electron chi connectivity index (χ1n) is 7.18. The minimum atomic E-state index is -4.13. The van der Waals surface area contributed by atoms with Gasteiger partial charge in [0.15, 0.2) is 5.71 Å². The molecule has 0 atom stereocenters. The van der Waals surface area contributed by atoms with E-state index in [2.05, 4.69) is 9.89 Å². The molecule has 25 heavy (non-hydrogen) atoms. The molecule has 2 aromatic carbocycles. The second-order valence-corrected chi connectivity index (χ2v) is 7.41. The van der Waals surface area contributed by atoms with E-state index in [4.69, 9.17) is 4.28 Å². The van der Waals surface area contributed by atoms with Gasteiger partial charge in [0.25, 0.3) is 0 Å². The molecule has 2 aromatic rings. The lowest BCUT2D eigenvalue weighted by molar-refractivity contribution is -0.132. The quantitative estimate of drug-likeness (QED) is 0.332. The van der Waals surface area contributed by atoms with E-state index in [1.54, 1.807) is 36.4 Å². The van der Waals surface area contributed by atoms with Crippen molar-refractivity contribution in [3.05, 3.63) is 59.7 Å². The predicted molar refractivity (Wildman–Crippen MR) is 96.2 cm³/mol. The van der Waals surface area contributed by atoms with E-state index < -0.39 is 16.1 Å². The summed E-state index contributed by atoms with van der Waals surface area (Å²) < 4.78 is 33.8. The minimum absolute atomic E-state index is 0.0520. The molecule has 6 nitrogen and oxygen atoms in total. The van der Waals surface area contributed by atoms with Crippen LogP contribution in [0, 0.1) is 6.92 Å². The molecule has 0 spiro atoms. The van der Waals surface area contributed by atoms with E-state index in [9.17, 15) is 13.2 Å². The molecule has 0 aliphatic carbocycles. The van der Waals surface area contributed by atoms with Gasteiger partial charge >= 0.3 is 16.1 Å². The second-order valence-electron chi connectivity index (χ2n) is 5.00. The molecule has 0 saturated carbocycles. The van der Waals surface area contributed by atoms with Gasteiger partial charge in [-0.05, 0) is 37.4 Å². The number of rotatable bonds is 6. The van der Waals surface area contributed by atoms with Gasteiger partial charge in [-0.3, -0.25) is 4.28 Å². The topological polar surface area (TPSA) is 82.0 Å². The normalized spacial score (nSPS) is 11.9. The van der Waals surface area contributed by atoms with Gasteiger partial charge in [0.1, 0.15) is 4.90 Å². The van der Waals surface area contributed by atoms with Crippen LogP contribution in [0.1, 0.15) is 11.1 Å². The highest BCUT2D eigenvalue weighted by molar-refractivity contribution is 7.98. The Morgan fingerprint density at radius 3 is 2.16 bits per heavy atom. The van der Waals surface area contributed by atoms with E-state index in [1.165, 1.54) is 31.0 Å². The molecule has 0 bridgehead atoms. The Balaban J connectivity index is 2.34. The first-order chi connectivity index (χ1) is 11.9. The molecule has 8 heteroatoms. The van der Waals surface area contributed by atoms with Crippen LogP contribution < -0.4 is 0 Å². The number of esters is 1. The number of carbonyl (C=O) groups is 1. The maximum absolute atomic E-state index is 12.2. The number of nitrogens with zero attached hydrogens (tertiary/aromatic N) is 1. The monoisotopic (exact) mass is 379 g/mol. The molecule has 0 saturated heterocycles. The van der Waals surface area contributed by atoms with E-state index in [0.29, 0.717) is 5.56 Å². The van der Waals surface area contributed by atoms with Crippen molar-refractivity contribution in [2.24, 2.45) is 5.16 Å². The van der Waals surface area contributed by atoms with Crippen LogP contribution in [-0.2, 0) is 23.9 Å². The van der Waals surface area contributed by atoms with Gasteiger partial charge in [0, 0.05) is 10.5 Å². The molecular weight excluding hydrogens is 362 g/mol. The molecule has 0 aromatic heterocycles. The van der Waals surface area contributed by atoms with Crippen molar-refractivity contribution in [3.63, 3.8) is 0 Å². The summed E-state index contributed by atoms with van der Waals surface area (Å²) in [7, 11) is -2.95. The molecule has 0 aliphatic heterocycles. The number of oxime groups is 1. The Kier molecular flexibility index (Phi) is 6.22. The fourth-order valence-corrected chi connectivity index (χ4v) is 3.02. The molecule has 0 heterocycles.